The maximum atomic E-state index is 10.9. The number of carbonyl (C=O) groups excluding carboxylic acids is 1. The number of hydrogen-bond acceptors (Lipinski definition) is 4. The molecule has 0 saturated heterocycles. The molecule has 0 radical (unpaired) electrons. The van der Waals surface area contributed by atoms with E-state index in [1.165, 1.54) is 4.57 Å². The molecule has 0 bridgehead atoms. The van der Waals surface area contributed by atoms with Gasteiger partial charge < -0.3 is 14.9 Å². The van der Waals surface area contributed by atoms with Gasteiger partial charge in [0.25, 0.3) is 0 Å². The molecule has 1 aromatic heterocycles. The van der Waals surface area contributed by atoms with Gasteiger partial charge in [0.1, 0.15) is 6.61 Å². The van der Waals surface area contributed by atoms with E-state index in [4.69, 9.17) is 4.74 Å². The lowest BCUT2D eigenvalue weighted by atomic mass is 10.0. The Morgan fingerprint density at radius 1 is 1.50 bits per heavy atom. The van der Waals surface area contributed by atoms with Crippen molar-refractivity contribution in [2.45, 2.75) is 19.4 Å². The lowest BCUT2D eigenvalue weighted by Crippen LogP contribution is -2.08. The molecule has 0 atom stereocenters. The lowest BCUT2D eigenvalue weighted by molar-refractivity contribution is -0.138. The van der Waals surface area contributed by atoms with Gasteiger partial charge in [-0.1, -0.05) is 18.7 Å². The molecule has 18 heavy (non-hydrogen) atoms. The zero-order valence-electron chi connectivity index (χ0n) is 9.93. The third-order valence-corrected chi connectivity index (χ3v) is 2.92. The number of hydrogen-bond donors (Lipinski definition) is 2. The van der Waals surface area contributed by atoms with E-state index in [0.29, 0.717) is 12.0 Å². The Labute approximate surface area is 105 Å². The molecular formula is C13H15NO4. The van der Waals surface area contributed by atoms with E-state index in [0.717, 1.165) is 18.1 Å². The first-order valence-electron chi connectivity index (χ1n) is 5.74. The molecule has 1 heterocycles. The van der Waals surface area contributed by atoms with Gasteiger partial charge in [0, 0.05) is 17.2 Å². The van der Waals surface area contributed by atoms with Gasteiger partial charge >= 0.3 is 5.97 Å². The van der Waals surface area contributed by atoms with Gasteiger partial charge in [0.05, 0.1) is 6.54 Å². The lowest BCUT2D eigenvalue weighted by Gasteiger charge is -2.07. The second-order valence-electron chi connectivity index (χ2n) is 4.00. The van der Waals surface area contributed by atoms with E-state index in [9.17, 15) is 15.0 Å². The fraction of sp³-hybridized carbons (Fsp3) is 0.308. The molecule has 2 N–H and O–H groups in total. The van der Waals surface area contributed by atoms with Gasteiger partial charge in [-0.2, -0.15) is 0 Å². The maximum absolute atomic E-state index is 10.9. The Balaban J connectivity index is 2.14. The minimum absolute atomic E-state index is 0.00750. The first-order valence-corrected chi connectivity index (χ1v) is 5.74. The third-order valence-electron chi connectivity index (χ3n) is 2.92. The van der Waals surface area contributed by atoms with E-state index in [1.807, 2.05) is 6.08 Å². The van der Waals surface area contributed by atoms with Crippen LogP contribution in [0.4, 0.5) is 0 Å². The predicted octanol–water partition coefficient (Wildman–Crippen LogP) is 1.59. The van der Waals surface area contributed by atoms with Crippen LogP contribution >= 0.6 is 0 Å². The summed E-state index contributed by atoms with van der Waals surface area (Å²) in [5, 5.41) is 20.0. The molecular weight excluding hydrogens is 234 g/mol. The highest BCUT2D eigenvalue weighted by molar-refractivity contribution is 5.81. The van der Waals surface area contributed by atoms with Crippen molar-refractivity contribution in [3.63, 3.8) is 0 Å². The number of aromatic nitrogens is 1. The number of ether oxygens (including phenoxy) is 1. The molecule has 2 rings (SSSR count). The fourth-order valence-electron chi connectivity index (χ4n) is 2.02. The Morgan fingerprint density at radius 3 is 2.94 bits per heavy atom. The van der Waals surface area contributed by atoms with Gasteiger partial charge in [0.15, 0.2) is 5.88 Å². The second-order valence-corrected chi connectivity index (χ2v) is 4.00. The molecule has 0 spiro atoms. The average Bonchev–Trinajstić information content (AvgIpc) is 2.64. The van der Waals surface area contributed by atoms with Gasteiger partial charge in [0.2, 0.25) is 5.88 Å². The number of allylic oxidation sites excluding steroid dienone is 1. The summed E-state index contributed by atoms with van der Waals surface area (Å²) in [6.45, 7) is 3.56. The van der Waals surface area contributed by atoms with Crippen molar-refractivity contribution >= 4 is 12.0 Å². The molecule has 0 saturated carbocycles. The predicted molar refractivity (Wildman–Crippen MR) is 66.3 cm³/mol. The molecule has 0 aromatic carbocycles. The quantitative estimate of drug-likeness (QED) is 0.628. The molecule has 5 heteroatoms. The van der Waals surface area contributed by atoms with Crippen LogP contribution in [0.3, 0.4) is 0 Å². The summed E-state index contributed by atoms with van der Waals surface area (Å²) in [4.78, 5) is 10.9. The second kappa shape index (κ2) is 5.00. The zero-order chi connectivity index (χ0) is 13.1. The van der Waals surface area contributed by atoms with E-state index < -0.39 is 5.97 Å². The van der Waals surface area contributed by atoms with Gasteiger partial charge in [-0.15, -0.1) is 0 Å². The fourth-order valence-corrected chi connectivity index (χ4v) is 2.02. The number of aromatic hydroxyl groups is 2. The van der Waals surface area contributed by atoms with Crippen LogP contribution in [0.2, 0.25) is 0 Å². The molecule has 0 aliphatic heterocycles. The Kier molecular flexibility index (Phi) is 3.41. The summed E-state index contributed by atoms with van der Waals surface area (Å²) >= 11 is 0. The molecule has 1 aliphatic carbocycles. The molecule has 1 aliphatic rings. The largest absolute Gasteiger partial charge is 0.494 e. The third kappa shape index (κ3) is 2.11. The molecule has 5 nitrogen and oxygen atoms in total. The van der Waals surface area contributed by atoms with Crippen molar-refractivity contribution in [2.75, 3.05) is 6.61 Å². The molecule has 0 unspecified atom stereocenters. The molecule has 1 aromatic rings. The van der Waals surface area contributed by atoms with Crippen molar-refractivity contribution in [3.8, 4) is 11.8 Å². The molecule has 0 fully saturated rings. The van der Waals surface area contributed by atoms with Crippen molar-refractivity contribution in [2.24, 2.45) is 0 Å². The molecule has 96 valence electrons. The maximum Gasteiger partial charge on any atom is 0.330 e. The van der Waals surface area contributed by atoms with Crippen LogP contribution in [-0.4, -0.2) is 27.4 Å². The number of nitrogens with zero attached hydrogens (tertiary/aromatic N) is 1. The summed E-state index contributed by atoms with van der Waals surface area (Å²) in [6, 6.07) is 0. The summed E-state index contributed by atoms with van der Waals surface area (Å²) in [5.41, 5.74) is 1.39. The van der Waals surface area contributed by atoms with Crippen molar-refractivity contribution < 1.29 is 19.7 Å². The van der Waals surface area contributed by atoms with Crippen LogP contribution in [0.5, 0.6) is 11.8 Å². The van der Waals surface area contributed by atoms with E-state index in [-0.39, 0.29) is 24.9 Å². The Morgan fingerprint density at radius 2 is 2.28 bits per heavy atom. The van der Waals surface area contributed by atoms with Crippen LogP contribution in [0.15, 0.2) is 18.7 Å². The highest BCUT2D eigenvalue weighted by Crippen LogP contribution is 2.37. The topological polar surface area (TPSA) is 71.7 Å². The minimum atomic E-state index is -0.522. The van der Waals surface area contributed by atoms with Crippen molar-refractivity contribution in [1.29, 1.82) is 0 Å². The number of carbonyl (C=O) groups is 1. The van der Waals surface area contributed by atoms with Gasteiger partial charge in [-0.3, -0.25) is 4.57 Å². The van der Waals surface area contributed by atoms with Crippen LogP contribution in [0, 0.1) is 0 Å². The minimum Gasteiger partial charge on any atom is -0.494 e. The molecule has 0 amide bonds. The first kappa shape index (κ1) is 12.3. The SMILES string of the molecule is C=CC(=O)OCCn1c(O)c2c(c1O)CCC=C2. The monoisotopic (exact) mass is 249 g/mol. The van der Waals surface area contributed by atoms with Crippen LogP contribution in [-0.2, 0) is 22.5 Å². The summed E-state index contributed by atoms with van der Waals surface area (Å²) in [7, 11) is 0. The van der Waals surface area contributed by atoms with E-state index in [2.05, 4.69) is 6.58 Å². The number of fused-ring (bicyclic) bond motifs is 1. The standard InChI is InChI=1S/C13H15NO4/c1-2-11(15)18-8-7-14-12(16)9-5-3-4-6-10(9)13(14)17/h2-3,5,16-17H,1,4,6-8H2. The van der Waals surface area contributed by atoms with Crippen LogP contribution < -0.4 is 0 Å². The zero-order valence-corrected chi connectivity index (χ0v) is 9.93. The van der Waals surface area contributed by atoms with Gasteiger partial charge in [-0.25, -0.2) is 4.79 Å². The van der Waals surface area contributed by atoms with Crippen molar-refractivity contribution in [3.05, 3.63) is 29.9 Å². The van der Waals surface area contributed by atoms with Gasteiger partial charge in [-0.05, 0) is 12.8 Å². The Bertz CT molecular complexity index is 514. The van der Waals surface area contributed by atoms with Crippen LogP contribution in [0.25, 0.3) is 6.08 Å². The normalized spacial score (nSPS) is 13.1. The number of rotatable bonds is 4. The first-order chi connectivity index (χ1) is 8.65. The van der Waals surface area contributed by atoms with E-state index in [1.54, 1.807) is 6.08 Å². The van der Waals surface area contributed by atoms with E-state index >= 15 is 0 Å². The highest BCUT2D eigenvalue weighted by Gasteiger charge is 2.21. The number of esters is 1. The van der Waals surface area contributed by atoms with Crippen molar-refractivity contribution in [1.82, 2.24) is 4.57 Å². The summed E-state index contributed by atoms with van der Waals surface area (Å²) < 4.78 is 6.16. The highest BCUT2D eigenvalue weighted by atomic mass is 16.5. The Hall–Kier alpha value is -2.17. The summed E-state index contributed by atoms with van der Waals surface area (Å²) in [5.74, 6) is -0.472. The smallest absolute Gasteiger partial charge is 0.330 e. The average molecular weight is 249 g/mol. The summed E-state index contributed by atoms with van der Waals surface area (Å²) in [6.07, 6.45) is 6.35. The van der Waals surface area contributed by atoms with Crippen LogP contribution in [0.1, 0.15) is 17.5 Å².